The molecule has 0 heteroatoms. The first-order valence-corrected chi connectivity index (χ1v) is 11.7. The second-order valence-electron chi connectivity index (χ2n) is 8.39. The van der Waals surface area contributed by atoms with Crippen molar-refractivity contribution in [2.24, 2.45) is 5.41 Å². The Bertz CT molecular complexity index is 213. The summed E-state index contributed by atoms with van der Waals surface area (Å²) < 4.78 is 0. The smallest absolute Gasteiger partial charge is 0.0298 e. The Morgan fingerprint density at radius 1 is 0.333 bits per heavy atom. The van der Waals surface area contributed by atoms with Gasteiger partial charge in [-0.1, -0.05) is 124 Å². The minimum atomic E-state index is 0.691. The molecule has 0 saturated carbocycles. The van der Waals surface area contributed by atoms with E-state index in [0.29, 0.717) is 5.41 Å². The molecule has 0 aliphatic carbocycles. The highest BCUT2D eigenvalue weighted by Gasteiger charge is 2.26. The van der Waals surface area contributed by atoms with Gasteiger partial charge in [0.1, 0.15) is 0 Å². The third-order valence-electron chi connectivity index (χ3n) is 5.90. The van der Waals surface area contributed by atoms with Crippen molar-refractivity contribution in [1.29, 1.82) is 0 Å². The van der Waals surface area contributed by atoms with E-state index in [1.54, 1.807) is 0 Å². The SMILES string of the molecule is CCCCCCCCCCCCCCC(CCC)(CCC)CCC. The van der Waals surface area contributed by atoms with E-state index in [1.807, 2.05) is 0 Å². The molecular weight excluding hydrogens is 288 g/mol. The predicted molar refractivity (Wildman–Crippen MR) is 113 cm³/mol. The minimum Gasteiger partial charge on any atom is -0.0654 e. The molecule has 0 spiro atoms. The quantitative estimate of drug-likeness (QED) is 0.206. The van der Waals surface area contributed by atoms with Crippen LogP contribution in [0.1, 0.15) is 150 Å². The summed E-state index contributed by atoms with van der Waals surface area (Å²) in [5.74, 6) is 0. The van der Waals surface area contributed by atoms with Crippen LogP contribution < -0.4 is 0 Å². The zero-order valence-corrected chi connectivity index (χ0v) is 17.9. The lowest BCUT2D eigenvalue weighted by molar-refractivity contribution is 0.185. The lowest BCUT2D eigenvalue weighted by Gasteiger charge is -2.34. The molecule has 0 heterocycles. The van der Waals surface area contributed by atoms with Gasteiger partial charge in [-0.15, -0.1) is 0 Å². The van der Waals surface area contributed by atoms with Crippen molar-refractivity contribution in [1.82, 2.24) is 0 Å². The van der Waals surface area contributed by atoms with E-state index in [4.69, 9.17) is 0 Å². The maximum absolute atomic E-state index is 2.38. The predicted octanol–water partition coefficient (Wildman–Crippen LogP) is 9.46. The number of rotatable bonds is 19. The molecule has 0 aliphatic rings. The third kappa shape index (κ3) is 13.3. The van der Waals surface area contributed by atoms with Gasteiger partial charge in [0, 0.05) is 0 Å². The van der Waals surface area contributed by atoms with Gasteiger partial charge < -0.3 is 0 Å². The van der Waals surface area contributed by atoms with E-state index in [-0.39, 0.29) is 0 Å². The Kier molecular flexibility index (Phi) is 17.8. The average molecular weight is 339 g/mol. The Balaban J connectivity index is 3.60. The summed E-state index contributed by atoms with van der Waals surface area (Å²) in [5, 5.41) is 0. The minimum absolute atomic E-state index is 0.691. The molecule has 0 unspecified atom stereocenters. The van der Waals surface area contributed by atoms with Crippen molar-refractivity contribution in [3.05, 3.63) is 0 Å². The van der Waals surface area contributed by atoms with Crippen LogP contribution in [0.2, 0.25) is 0 Å². The van der Waals surface area contributed by atoms with E-state index in [9.17, 15) is 0 Å². The molecule has 0 aromatic carbocycles. The lowest BCUT2D eigenvalue weighted by Crippen LogP contribution is -2.20. The summed E-state index contributed by atoms with van der Waals surface area (Å²) in [6, 6.07) is 0. The highest BCUT2D eigenvalue weighted by Crippen LogP contribution is 2.40. The molecule has 0 atom stereocenters. The first-order valence-electron chi connectivity index (χ1n) is 11.7. The molecule has 0 amide bonds. The molecule has 0 saturated heterocycles. The van der Waals surface area contributed by atoms with Crippen LogP contribution in [0.15, 0.2) is 0 Å². The first-order chi connectivity index (χ1) is 11.7. The van der Waals surface area contributed by atoms with Gasteiger partial charge in [0.2, 0.25) is 0 Å². The molecule has 0 N–H and O–H groups in total. The van der Waals surface area contributed by atoms with E-state index >= 15 is 0 Å². The van der Waals surface area contributed by atoms with Crippen LogP contribution in [0, 0.1) is 5.41 Å². The molecule has 0 nitrogen and oxygen atoms in total. The van der Waals surface area contributed by atoms with E-state index in [1.165, 1.54) is 122 Å². The highest BCUT2D eigenvalue weighted by molar-refractivity contribution is 4.78. The molecule has 0 rings (SSSR count). The van der Waals surface area contributed by atoms with Crippen LogP contribution >= 0.6 is 0 Å². The fraction of sp³-hybridized carbons (Fsp3) is 1.00. The molecule has 0 radical (unpaired) electrons. The Labute approximate surface area is 155 Å². The standard InChI is InChI=1S/C24H50/c1-5-9-10-11-12-13-14-15-16-17-18-19-23-24(20-6-2,21-7-3)22-8-4/h5-23H2,1-4H3. The fourth-order valence-corrected chi connectivity index (χ4v) is 4.68. The van der Waals surface area contributed by atoms with Crippen molar-refractivity contribution in [3.8, 4) is 0 Å². The second kappa shape index (κ2) is 17.8. The van der Waals surface area contributed by atoms with Crippen molar-refractivity contribution in [3.63, 3.8) is 0 Å². The molecule has 146 valence electrons. The van der Waals surface area contributed by atoms with Crippen LogP contribution in [-0.2, 0) is 0 Å². The maximum atomic E-state index is 2.38. The summed E-state index contributed by atoms with van der Waals surface area (Å²) in [6.45, 7) is 9.43. The number of unbranched alkanes of at least 4 members (excludes halogenated alkanes) is 11. The Morgan fingerprint density at radius 2 is 0.667 bits per heavy atom. The summed E-state index contributed by atoms with van der Waals surface area (Å²) in [5.41, 5.74) is 0.691. The van der Waals surface area contributed by atoms with Crippen molar-refractivity contribution >= 4 is 0 Å². The number of hydrogen-bond donors (Lipinski definition) is 0. The maximum Gasteiger partial charge on any atom is -0.0298 e. The normalized spacial score (nSPS) is 12.0. The van der Waals surface area contributed by atoms with Gasteiger partial charge in [-0.25, -0.2) is 0 Å². The zero-order valence-electron chi connectivity index (χ0n) is 17.9. The van der Waals surface area contributed by atoms with Crippen LogP contribution in [-0.4, -0.2) is 0 Å². The molecular formula is C24H50. The summed E-state index contributed by atoms with van der Waals surface area (Å²) in [6.07, 6.45) is 27.6. The Hall–Kier alpha value is 0. The van der Waals surface area contributed by atoms with E-state index in [2.05, 4.69) is 27.7 Å². The second-order valence-corrected chi connectivity index (χ2v) is 8.39. The molecule has 0 aromatic rings. The van der Waals surface area contributed by atoms with Gasteiger partial charge in [-0.05, 0) is 31.1 Å². The third-order valence-corrected chi connectivity index (χ3v) is 5.90. The fourth-order valence-electron chi connectivity index (χ4n) is 4.68. The lowest BCUT2D eigenvalue weighted by atomic mass is 9.72. The van der Waals surface area contributed by atoms with Gasteiger partial charge in [0.25, 0.3) is 0 Å². The van der Waals surface area contributed by atoms with Crippen LogP contribution in [0.4, 0.5) is 0 Å². The Morgan fingerprint density at radius 3 is 1.00 bits per heavy atom. The van der Waals surface area contributed by atoms with Crippen LogP contribution in [0.5, 0.6) is 0 Å². The van der Waals surface area contributed by atoms with Crippen LogP contribution in [0.25, 0.3) is 0 Å². The first kappa shape index (κ1) is 24.0. The van der Waals surface area contributed by atoms with Crippen molar-refractivity contribution < 1.29 is 0 Å². The van der Waals surface area contributed by atoms with E-state index in [0.717, 1.165) is 0 Å². The molecule has 24 heavy (non-hydrogen) atoms. The summed E-state index contributed by atoms with van der Waals surface area (Å²) in [4.78, 5) is 0. The number of hydrogen-bond acceptors (Lipinski definition) is 0. The molecule has 0 bridgehead atoms. The van der Waals surface area contributed by atoms with Crippen molar-refractivity contribution in [2.45, 2.75) is 150 Å². The molecule has 0 fully saturated rings. The zero-order chi connectivity index (χ0) is 17.9. The van der Waals surface area contributed by atoms with Crippen molar-refractivity contribution in [2.75, 3.05) is 0 Å². The summed E-state index contributed by atoms with van der Waals surface area (Å²) in [7, 11) is 0. The van der Waals surface area contributed by atoms with Gasteiger partial charge in [-0.2, -0.15) is 0 Å². The van der Waals surface area contributed by atoms with Gasteiger partial charge in [0.15, 0.2) is 0 Å². The average Bonchev–Trinajstić information content (AvgIpc) is 2.56. The highest BCUT2D eigenvalue weighted by atomic mass is 14.3. The largest absolute Gasteiger partial charge is 0.0654 e. The van der Waals surface area contributed by atoms with E-state index < -0.39 is 0 Å². The monoisotopic (exact) mass is 338 g/mol. The van der Waals surface area contributed by atoms with Crippen LogP contribution in [0.3, 0.4) is 0 Å². The molecule has 0 aromatic heterocycles. The summed E-state index contributed by atoms with van der Waals surface area (Å²) >= 11 is 0. The molecule has 0 aliphatic heterocycles. The van der Waals surface area contributed by atoms with Gasteiger partial charge in [-0.3, -0.25) is 0 Å². The topological polar surface area (TPSA) is 0 Å². The van der Waals surface area contributed by atoms with Gasteiger partial charge in [0.05, 0.1) is 0 Å². The van der Waals surface area contributed by atoms with Gasteiger partial charge >= 0.3 is 0 Å².